The van der Waals surface area contributed by atoms with Crippen molar-refractivity contribution >= 4 is 9.28 Å². The molecule has 1 heterocycles. The molecule has 1 rings (SSSR count). The molecule has 0 N–H and O–H groups in total. The Balaban J connectivity index is 1.98. The van der Waals surface area contributed by atoms with Crippen LogP contribution in [-0.2, 0) is 23.1 Å². The Morgan fingerprint density at radius 3 is 2.30 bits per heavy atom. The van der Waals surface area contributed by atoms with Gasteiger partial charge in [-0.05, 0) is 19.3 Å². The summed E-state index contributed by atoms with van der Waals surface area (Å²) in [6.07, 6.45) is 3.58. The third-order valence-corrected chi connectivity index (χ3v) is 5.71. The third kappa shape index (κ3) is 5.79. The van der Waals surface area contributed by atoms with Gasteiger partial charge in [-0.2, -0.15) is 0 Å². The van der Waals surface area contributed by atoms with Crippen LogP contribution in [0, 0.1) is 5.41 Å². The Labute approximate surface area is 124 Å². The van der Waals surface area contributed by atoms with Gasteiger partial charge in [0.15, 0.2) is 0 Å². The molecule has 1 saturated heterocycles. The quantitative estimate of drug-likeness (QED) is 0.406. The minimum absolute atomic E-state index is 0.214. The van der Waals surface area contributed by atoms with Gasteiger partial charge in [0.25, 0.3) is 0 Å². The van der Waals surface area contributed by atoms with Crippen LogP contribution in [0.2, 0.25) is 6.04 Å². The summed E-state index contributed by atoms with van der Waals surface area (Å²) in [6.45, 7) is 5.42. The van der Waals surface area contributed by atoms with Gasteiger partial charge < -0.3 is 23.1 Å². The zero-order chi connectivity index (χ0) is 14.8. The summed E-state index contributed by atoms with van der Waals surface area (Å²) in [7, 11) is 3.75. The first kappa shape index (κ1) is 18.1. The molecule has 0 amide bonds. The van der Waals surface area contributed by atoms with Crippen LogP contribution in [0.3, 0.4) is 0 Å². The molecule has 5 nitrogen and oxygen atoms in total. The van der Waals surface area contributed by atoms with E-state index in [1.807, 2.05) is 0 Å². The molecule has 1 aliphatic heterocycles. The Morgan fingerprint density at radius 1 is 1.10 bits per heavy atom. The minimum atomic E-state index is -1.45. The molecule has 0 aliphatic carbocycles. The smallest absolute Gasteiger partial charge is 0.323 e. The van der Waals surface area contributed by atoms with Crippen LogP contribution in [0.5, 0.6) is 0 Å². The van der Waals surface area contributed by atoms with E-state index >= 15 is 0 Å². The van der Waals surface area contributed by atoms with Gasteiger partial charge in [-0.25, -0.2) is 0 Å². The van der Waals surface area contributed by atoms with Gasteiger partial charge in [0.05, 0.1) is 19.3 Å². The summed E-state index contributed by atoms with van der Waals surface area (Å²) in [5.41, 5.74) is 0.214. The van der Waals surface area contributed by atoms with E-state index in [2.05, 4.69) is 6.92 Å². The van der Waals surface area contributed by atoms with Crippen molar-refractivity contribution in [3.8, 4) is 0 Å². The fourth-order valence-electron chi connectivity index (χ4n) is 2.51. The standard InChI is InChI=1S/C14H30O5Si/c1-14(11-19-12-14)13(15-2)7-5-6-8-18-9-10-20(16-3)17-4/h13,20H,5-12H2,1-4H3. The minimum Gasteiger partial charge on any atom is -0.400 e. The zero-order valence-corrected chi connectivity index (χ0v) is 14.5. The fraction of sp³-hybridized carbons (Fsp3) is 1.00. The number of rotatable bonds is 12. The van der Waals surface area contributed by atoms with E-state index in [9.17, 15) is 0 Å². The van der Waals surface area contributed by atoms with Gasteiger partial charge in [-0.3, -0.25) is 0 Å². The molecule has 1 atom stereocenters. The molecule has 0 bridgehead atoms. The van der Waals surface area contributed by atoms with Crippen LogP contribution < -0.4 is 0 Å². The van der Waals surface area contributed by atoms with Gasteiger partial charge in [0.1, 0.15) is 0 Å². The predicted molar refractivity (Wildman–Crippen MR) is 80.4 cm³/mol. The first-order valence-corrected chi connectivity index (χ1v) is 9.16. The lowest BCUT2D eigenvalue weighted by Crippen LogP contribution is -2.49. The van der Waals surface area contributed by atoms with E-state index in [0.717, 1.165) is 51.7 Å². The number of hydrogen-bond donors (Lipinski definition) is 0. The highest BCUT2D eigenvalue weighted by Gasteiger charge is 2.41. The third-order valence-electron chi connectivity index (χ3n) is 3.95. The monoisotopic (exact) mass is 306 g/mol. The molecule has 20 heavy (non-hydrogen) atoms. The Hall–Kier alpha value is 0.0169. The largest absolute Gasteiger partial charge is 0.400 e. The molecule has 0 aromatic carbocycles. The van der Waals surface area contributed by atoms with Crippen molar-refractivity contribution in [1.29, 1.82) is 0 Å². The molecular formula is C14H30O5Si. The van der Waals surface area contributed by atoms with E-state index in [4.69, 9.17) is 23.1 Å². The SMILES string of the molecule is COC(CCCCOCC[SiH](OC)OC)C1(C)COC1. The molecular weight excluding hydrogens is 276 g/mol. The number of methoxy groups -OCH3 is 1. The summed E-state index contributed by atoms with van der Waals surface area (Å²) in [4.78, 5) is 0. The van der Waals surface area contributed by atoms with Crippen LogP contribution in [0.4, 0.5) is 0 Å². The normalized spacial score (nSPS) is 19.1. The number of ether oxygens (including phenoxy) is 3. The summed E-state index contributed by atoms with van der Waals surface area (Å²) in [5.74, 6) is 0. The molecule has 1 fully saturated rings. The maximum atomic E-state index is 5.62. The molecule has 6 heteroatoms. The van der Waals surface area contributed by atoms with E-state index in [1.54, 1.807) is 21.3 Å². The number of unbranched alkanes of at least 4 members (excludes halogenated alkanes) is 1. The van der Waals surface area contributed by atoms with Crippen molar-refractivity contribution in [2.24, 2.45) is 5.41 Å². The summed E-state index contributed by atoms with van der Waals surface area (Å²) in [6, 6.07) is 0.906. The summed E-state index contributed by atoms with van der Waals surface area (Å²) in [5, 5.41) is 0. The van der Waals surface area contributed by atoms with Crippen molar-refractivity contribution < 1.29 is 23.1 Å². The predicted octanol–water partition coefficient (Wildman–Crippen LogP) is 1.74. The van der Waals surface area contributed by atoms with Gasteiger partial charge in [0.2, 0.25) is 0 Å². The molecule has 0 aromatic heterocycles. The van der Waals surface area contributed by atoms with Gasteiger partial charge in [-0.15, -0.1) is 0 Å². The zero-order valence-electron chi connectivity index (χ0n) is 13.4. The van der Waals surface area contributed by atoms with Crippen molar-refractivity contribution in [2.45, 2.75) is 38.3 Å². The van der Waals surface area contributed by atoms with E-state index in [1.165, 1.54) is 0 Å². The van der Waals surface area contributed by atoms with Gasteiger partial charge in [0, 0.05) is 46.0 Å². The Morgan fingerprint density at radius 2 is 1.80 bits per heavy atom. The highest BCUT2D eigenvalue weighted by atomic mass is 28.3. The average molecular weight is 306 g/mol. The second kappa shape index (κ2) is 9.86. The van der Waals surface area contributed by atoms with Crippen LogP contribution >= 0.6 is 0 Å². The lowest BCUT2D eigenvalue weighted by molar-refractivity contribution is -0.171. The Bertz CT molecular complexity index is 244. The van der Waals surface area contributed by atoms with Crippen molar-refractivity contribution in [2.75, 3.05) is 47.8 Å². The van der Waals surface area contributed by atoms with Gasteiger partial charge in [-0.1, -0.05) is 6.92 Å². The van der Waals surface area contributed by atoms with Crippen molar-refractivity contribution in [3.63, 3.8) is 0 Å². The summed E-state index contributed by atoms with van der Waals surface area (Å²) < 4.78 is 27.0. The van der Waals surface area contributed by atoms with E-state index in [0.29, 0.717) is 6.10 Å². The lowest BCUT2D eigenvalue weighted by Gasteiger charge is -2.43. The van der Waals surface area contributed by atoms with E-state index in [-0.39, 0.29) is 5.41 Å². The summed E-state index contributed by atoms with van der Waals surface area (Å²) >= 11 is 0. The number of hydrogen-bond acceptors (Lipinski definition) is 5. The topological polar surface area (TPSA) is 46.2 Å². The fourth-order valence-corrected chi connectivity index (χ4v) is 3.53. The lowest BCUT2D eigenvalue weighted by atomic mass is 9.80. The highest BCUT2D eigenvalue weighted by Crippen LogP contribution is 2.34. The molecule has 0 radical (unpaired) electrons. The van der Waals surface area contributed by atoms with Crippen molar-refractivity contribution in [1.82, 2.24) is 0 Å². The first-order chi connectivity index (χ1) is 9.66. The van der Waals surface area contributed by atoms with Crippen LogP contribution in [0.25, 0.3) is 0 Å². The van der Waals surface area contributed by atoms with Crippen LogP contribution in [0.1, 0.15) is 26.2 Å². The van der Waals surface area contributed by atoms with E-state index < -0.39 is 9.28 Å². The van der Waals surface area contributed by atoms with Crippen LogP contribution in [0.15, 0.2) is 0 Å². The second-order valence-corrected chi connectivity index (χ2v) is 8.05. The maximum absolute atomic E-state index is 5.62. The first-order valence-electron chi connectivity index (χ1n) is 7.40. The molecule has 1 unspecified atom stereocenters. The molecule has 0 aromatic rings. The molecule has 120 valence electrons. The molecule has 1 aliphatic rings. The second-order valence-electron chi connectivity index (χ2n) is 5.67. The maximum Gasteiger partial charge on any atom is 0.323 e. The molecule has 0 spiro atoms. The van der Waals surface area contributed by atoms with Gasteiger partial charge >= 0.3 is 9.28 Å². The Kier molecular flexibility index (Phi) is 8.91. The highest BCUT2D eigenvalue weighted by molar-refractivity contribution is 6.44. The molecule has 0 saturated carbocycles. The average Bonchev–Trinajstić information content (AvgIpc) is 2.43. The van der Waals surface area contributed by atoms with Crippen LogP contribution in [-0.4, -0.2) is 63.1 Å². The van der Waals surface area contributed by atoms with Crippen molar-refractivity contribution in [3.05, 3.63) is 0 Å².